The standard InChI is InChI=1S/C17H17N3O2/c21-16(19-14-8-4-10-18-12-14)17(22)20-11-5-9-15(20)13-6-2-1-3-7-13/h1-4,6-8,10,12,15H,5,9,11H2,(H,19,21). The second-order valence-electron chi connectivity index (χ2n) is 5.26. The summed E-state index contributed by atoms with van der Waals surface area (Å²) < 4.78 is 0. The lowest BCUT2D eigenvalue weighted by atomic mass is 10.0. The second-order valence-corrected chi connectivity index (χ2v) is 5.26. The van der Waals surface area contributed by atoms with Gasteiger partial charge in [0.25, 0.3) is 0 Å². The molecule has 0 bridgehead atoms. The van der Waals surface area contributed by atoms with E-state index < -0.39 is 11.8 Å². The van der Waals surface area contributed by atoms with Crippen LogP contribution in [0.5, 0.6) is 0 Å². The van der Waals surface area contributed by atoms with Crippen molar-refractivity contribution in [1.29, 1.82) is 0 Å². The van der Waals surface area contributed by atoms with Crippen LogP contribution in [0.25, 0.3) is 0 Å². The summed E-state index contributed by atoms with van der Waals surface area (Å²) in [5, 5.41) is 2.60. The number of amides is 2. The van der Waals surface area contributed by atoms with Crippen LogP contribution < -0.4 is 5.32 Å². The van der Waals surface area contributed by atoms with Gasteiger partial charge in [-0.05, 0) is 30.5 Å². The van der Waals surface area contributed by atoms with Crippen molar-refractivity contribution in [2.45, 2.75) is 18.9 Å². The first-order valence-electron chi connectivity index (χ1n) is 7.32. The minimum Gasteiger partial charge on any atom is -0.327 e. The van der Waals surface area contributed by atoms with Gasteiger partial charge >= 0.3 is 11.8 Å². The molecule has 1 atom stereocenters. The molecule has 1 aromatic carbocycles. The number of hydrogen-bond acceptors (Lipinski definition) is 3. The predicted octanol–water partition coefficient (Wildman–Crippen LogP) is 2.38. The molecular weight excluding hydrogens is 278 g/mol. The molecule has 2 amide bonds. The molecule has 2 aromatic rings. The van der Waals surface area contributed by atoms with E-state index in [1.165, 1.54) is 6.20 Å². The van der Waals surface area contributed by atoms with Crippen LogP contribution in [0.1, 0.15) is 24.4 Å². The molecular formula is C17H17N3O2. The smallest absolute Gasteiger partial charge is 0.313 e. The largest absolute Gasteiger partial charge is 0.327 e. The molecule has 0 aliphatic carbocycles. The zero-order chi connectivity index (χ0) is 15.4. The fourth-order valence-electron chi connectivity index (χ4n) is 2.78. The fourth-order valence-corrected chi connectivity index (χ4v) is 2.78. The molecule has 1 unspecified atom stereocenters. The van der Waals surface area contributed by atoms with Gasteiger partial charge in [0.2, 0.25) is 0 Å². The Labute approximate surface area is 129 Å². The van der Waals surface area contributed by atoms with Gasteiger partial charge < -0.3 is 10.2 Å². The van der Waals surface area contributed by atoms with Gasteiger partial charge in [-0.3, -0.25) is 14.6 Å². The van der Waals surface area contributed by atoms with Crippen LogP contribution in [-0.2, 0) is 9.59 Å². The van der Waals surface area contributed by atoms with Crippen molar-refractivity contribution in [2.75, 3.05) is 11.9 Å². The van der Waals surface area contributed by atoms with Gasteiger partial charge in [-0.25, -0.2) is 0 Å². The Morgan fingerprint density at radius 3 is 2.68 bits per heavy atom. The van der Waals surface area contributed by atoms with E-state index in [4.69, 9.17) is 0 Å². The zero-order valence-electron chi connectivity index (χ0n) is 12.1. The van der Waals surface area contributed by atoms with Crippen LogP contribution in [0.4, 0.5) is 5.69 Å². The monoisotopic (exact) mass is 295 g/mol. The molecule has 0 spiro atoms. The van der Waals surface area contributed by atoms with E-state index in [0.29, 0.717) is 12.2 Å². The molecule has 5 nitrogen and oxygen atoms in total. The van der Waals surface area contributed by atoms with Crippen LogP contribution >= 0.6 is 0 Å². The first-order valence-corrected chi connectivity index (χ1v) is 7.32. The highest BCUT2D eigenvalue weighted by atomic mass is 16.2. The molecule has 1 N–H and O–H groups in total. The van der Waals surface area contributed by atoms with Crippen molar-refractivity contribution in [3.8, 4) is 0 Å². The van der Waals surface area contributed by atoms with Crippen molar-refractivity contribution >= 4 is 17.5 Å². The van der Waals surface area contributed by atoms with Crippen molar-refractivity contribution in [2.24, 2.45) is 0 Å². The summed E-state index contributed by atoms with van der Waals surface area (Å²) in [5.74, 6) is -1.11. The molecule has 1 fully saturated rings. The van der Waals surface area contributed by atoms with Crippen molar-refractivity contribution in [3.63, 3.8) is 0 Å². The number of hydrogen-bond donors (Lipinski definition) is 1. The number of benzene rings is 1. The van der Waals surface area contributed by atoms with Crippen LogP contribution in [0, 0.1) is 0 Å². The zero-order valence-corrected chi connectivity index (χ0v) is 12.1. The minimum absolute atomic E-state index is 0.0200. The summed E-state index contributed by atoms with van der Waals surface area (Å²) in [4.78, 5) is 30.1. The van der Waals surface area contributed by atoms with Crippen molar-refractivity contribution < 1.29 is 9.59 Å². The highest BCUT2D eigenvalue weighted by Gasteiger charge is 2.33. The molecule has 2 heterocycles. The topological polar surface area (TPSA) is 62.3 Å². The van der Waals surface area contributed by atoms with Gasteiger partial charge in [-0.2, -0.15) is 0 Å². The Kier molecular flexibility index (Phi) is 4.14. The Morgan fingerprint density at radius 2 is 1.95 bits per heavy atom. The number of aromatic nitrogens is 1. The quantitative estimate of drug-likeness (QED) is 0.865. The summed E-state index contributed by atoms with van der Waals surface area (Å²) in [6.07, 6.45) is 4.93. The third-order valence-corrected chi connectivity index (χ3v) is 3.81. The van der Waals surface area contributed by atoms with Gasteiger partial charge in [0.15, 0.2) is 0 Å². The average Bonchev–Trinajstić information content (AvgIpc) is 3.05. The van der Waals surface area contributed by atoms with Crippen LogP contribution in [-0.4, -0.2) is 28.2 Å². The van der Waals surface area contributed by atoms with Crippen molar-refractivity contribution in [3.05, 3.63) is 60.4 Å². The number of nitrogens with zero attached hydrogens (tertiary/aromatic N) is 2. The highest BCUT2D eigenvalue weighted by molar-refractivity contribution is 6.39. The summed E-state index contributed by atoms with van der Waals surface area (Å²) in [5.41, 5.74) is 1.60. The van der Waals surface area contributed by atoms with Gasteiger partial charge in [0.05, 0.1) is 17.9 Å². The van der Waals surface area contributed by atoms with Crippen LogP contribution in [0.2, 0.25) is 0 Å². The second kappa shape index (κ2) is 6.39. The third-order valence-electron chi connectivity index (χ3n) is 3.81. The van der Waals surface area contributed by atoms with Gasteiger partial charge in [-0.1, -0.05) is 30.3 Å². The molecule has 1 saturated heterocycles. The summed E-state index contributed by atoms with van der Waals surface area (Å²) in [6, 6.07) is 13.2. The summed E-state index contributed by atoms with van der Waals surface area (Å²) in [7, 11) is 0. The van der Waals surface area contributed by atoms with E-state index in [-0.39, 0.29) is 6.04 Å². The van der Waals surface area contributed by atoms with Crippen LogP contribution in [0.15, 0.2) is 54.9 Å². The van der Waals surface area contributed by atoms with Gasteiger partial charge in [0.1, 0.15) is 0 Å². The number of carbonyl (C=O) groups excluding carboxylic acids is 2. The number of likely N-dealkylation sites (tertiary alicyclic amines) is 1. The number of nitrogens with one attached hydrogen (secondary N) is 1. The molecule has 1 aromatic heterocycles. The molecule has 3 rings (SSSR count). The molecule has 112 valence electrons. The van der Waals surface area contributed by atoms with Crippen molar-refractivity contribution in [1.82, 2.24) is 9.88 Å². The van der Waals surface area contributed by atoms with Crippen LogP contribution in [0.3, 0.4) is 0 Å². The average molecular weight is 295 g/mol. The lowest BCUT2D eigenvalue weighted by Crippen LogP contribution is -2.39. The number of rotatable bonds is 2. The third kappa shape index (κ3) is 2.98. The maximum Gasteiger partial charge on any atom is 0.313 e. The van der Waals surface area contributed by atoms with Gasteiger partial charge in [-0.15, -0.1) is 0 Å². The first kappa shape index (κ1) is 14.3. The highest BCUT2D eigenvalue weighted by Crippen LogP contribution is 2.31. The lowest BCUT2D eigenvalue weighted by molar-refractivity contribution is -0.143. The van der Waals surface area contributed by atoms with E-state index in [1.807, 2.05) is 30.3 Å². The predicted molar refractivity (Wildman–Crippen MR) is 83.0 cm³/mol. The van der Waals surface area contributed by atoms with E-state index in [1.54, 1.807) is 23.2 Å². The fraction of sp³-hybridized carbons (Fsp3) is 0.235. The maximum absolute atomic E-state index is 12.4. The molecule has 1 aliphatic rings. The van der Waals surface area contributed by atoms with E-state index in [9.17, 15) is 9.59 Å². The minimum atomic E-state index is -0.615. The Balaban J connectivity index is 1.72. The molecule has 1 aliphatic heterocycles. The van der Waals surface area contributed by atoms with E-state index in [0.717, 1.165) is 18.4 Å². The lowest BCUT2D eigenvalue weighted by Gasteiger charge is -2.24. The first-order chi connectivity index (χ1) is 10.8. The number of pyridine rings is 1. The van der Waals surface area contributed by atoms with E-state index in [2.05, 4.69) is 10.3 Å². The Hall–Kier alpha value is -2.69. The Bertz CT molecular complexity index is 658. The number of anilines is 1. The molecule has 0 radical (unpaired) electrons. The van der Waals surface area contributed by atoms with E-state index >= 15 is 0 Å². The number of carbonyl (C=O) groups is 2. The maximum atomic E-state index is 12.4. The SMILES string of the molecule is O=C(Nc1cccnc1)C(=O)N1CCCC1c1ccccc1. The normalized spacial score (nSPS) is 17.3. The molecule has 5 heteroatoms. The summed E-state index contributed by atoms with van der Waals surface area (Å²) in [6.45, 7) is 0.610. The molecule has 22 heavy (non-hydrogen) atoms. The molecule has 0 saturated carbocycles. The summed E-state index contributed by atoms with van der Waals surface area (Å²) >= 11 is 0. The van der Waals surface area contributed by atoms with Gasteiger partial charge in [0, 0.05) is 12.7 Å². The Morgan fingerprint density at radius 1 is 1.14 bits per heavy atom.